The van der Waals surface area contributed by atoms with Gasteiger partial charge in [0.15, 0.2) is 0 Å². The number of primary amides is 1. The molecular formula is C14H20F3N3O. The van der Waals surface area contributed by atoms with Crippen molar-refractivity contribution in [1.82, 2.24) is 5.32 Å². The number of hydrogen-bond acceptors (Lipinski definition) is 3. The lowest BCUT2D eigenvalue weighted by atomic mass is 10.1. The summed E-state index contributed by atoms with van der Waals surface area (Å²) in [6, 6.07) is 4.25. The minimum absolute atomic E-state index is 0.0606. The van der Waals surface area contributed by atoms with Gasteiger partial charge in [-0.15, -0.1) is 0 Å². The molecule has 1 aromatic carbocycles. The number of carbonyl (C=O) groups is 1. The van der Waals surface area contributed by atoms with E-state index in [0.29, 0.717) is 12.1 Å². The third-order valence-corrected chi connectivity index (χ3v) is 2.89. The van der Waals surface area contributed by atoms with Crippen LogP contribution in [0.1, 0.15) is 25.0 Å². The fourth-order valence-corrected chi connectivity index (χ4v) is 1.89. The maximum absolute atomic E-state index is 13.2. The quantitative estimate of drug-likeness (QED) is 0.846. The molecule has 1 aromatic rings. The number of rotatable bonds is 6. The second-order valence-corrected chi connectivity index (χ2v) is 5.21. The highest BCUT2D eigenvalue weighted by atomic mass is 19.4. The SMILES string of the molecule is CC(C)NCc1ccc(N(C)CC(N)=O)c(C(F)(F)F)c1. The van der Waals surface area contributed by atoms with E-state index in [-0.39, 0.29) is 18.3 Å². The normalized spacial score (nSPS) is 11.8. The molecule has 0 aliphatic rings. The van der Waals surface area contributed by atoms with Crippen LogP contribution in [0.15, 0.2) is 18.2 Å². The van der Waals surface area contributed by atoms with Gasteiger partial charge in [0.25, 0.3) is 0 Å². The molecule has 21 heavy (non-hydrogen) atoms. The molecule has 0 spiro atoms. The van der Waals surface area contributed by atoms with E-state index in [1.54, 1.807) is 6.07 Å². The minimum Gasteiger partial charge on any atom is -0.368 e. The van der Waals surface area contributed by atoms with Crippen LogP contribution in [-0.2, 0) is 17.5 Å². The first-order valence-corrected chi connectivity index (χ1v) is 6.54. The second kappa shape index (κ2) is 6.80. The zero-order valence-electron chi connectivity index (χ0n) is 12.3. The molecular weight excluding hydrogens is 283 g/mol. The van der Waals surface area contributed by atoms with Crippen LogP contribution in [-0.4, -0.2) is 25.5 Å². The fourth-order valence-electron chi connectivity index (χ4n) is 1.89. The number of likely N-dealkylation sites (N-methyl/N-ethyl adjacent to an activating group) is 1. The van der Waals surface area contributed by atoms with E-state index < -0.39 is 17.6 Å². The monoisotopic (exact) mass is 303 g/mol. The van der Waals surface area contributed by atoms with Crippen LogP contribution in [0.3, 0.4) is 0 Å². The Balaban J connectivity index is 3.11. The van der Waals surface area contributed by atoms with Crippen molar-refractivity contribution in [2.24, 2.45) is 5.73 Å². The summed E-state index contributed by atoms with van der Waals surface area (Å²) in [5, 5.41) is 3.07. The molecule has 0 saturated heterocycles. The largest absolute Gasteiger partial charge is 0.418 e. The lowest BCUT2D eigenvalue weighted by Crippen LogP contribution is -2.32. The molecule has 0 aliphatic heterocycles. The average molecular weight is 303 g/mol. The summed E-state index contributed by atoms with van der Waals surface area (Å²) in [6.45, 7) is 3.91. The summed E-state index contributed by atoms with van der Waals surface area (Å²) in [6.07, 6.45) is -4.49. The number of halogens is 3. The number of carbonyl (C=O) groups excluding carboxylic acids is 1. The number of nitrogens with one attached hydrogen (secondary N) is 1. The molecule has 1 amide bonds. The van der Waals surface area contributed by atoms with Crippen molar-refractivity contribution in [2.75, 3.05) is 18.5 Å². The highest BCUT2D eigenvalue weighted by molar-refractivity contribution is 5.79. The van der Waals surface area contributed by atoms with Crippen molar-refractivity contribution in [3.63, 3.8) is 0 Å². The van der Waals surface area contributed by atoms with Crippen LogP contribution < -0.4 is 16.0 Å². The molecule has 0 saturated carbocycles. The van der Waals surface area contributed by atoms with Gasteiger partial charge in [0, 0.05) is 25.3 Å². The predicted octanol–water partition coefficient (Wildman–Crippen LogP) is 2.12. The van der Waals surface area contributed by atoms with Crippen molar-refractivity contribution in [3.8, 4) is 0 Å². The van der Waals surface area contributed by atoms with Gasteiger partial charge in [-0.2, -0.15) is 13.2 Å². The van der Waals surface area contributed by atoms with Gasteiger partial charge in [-0.1, -0.05) is 19.9 Å². The number of anilines is 1. The minimum atomic E-state index is -4.49. The van der Waals surface area contributed by atoms with Crippen LogP contribution in [0, 0.1) is 0 Å². The van der Waals surface area contributed by atoms with Gasteiger partial charge < -0.3 is 16.0 Å². The number of amides is 1. The Morgan fingerprint density at radius 3 is 2.48 bits per heavy atom. The maximum Gasteiger partial charge on any atom is 0.418 e. The smallest absolute Gasteiger partial charge is 0.368 e. The van der Waals surface area contributed by atoms with Crippen molar-refractivity contribution < 1.29 is 18.0 Å². The molecule has 4 nitrogen and oxygen atoms in total. The molecule has 0 atom stereocenters. The Morgan fingerprint density at radius 2 is 2.00 bits per heavy atom. The summed E-state index contributed by atoms with van der Waals surface area (Å²) in [5.41, 5.74) is 4.73. The Labute approximate surface area is 122 Å². The summed E-state index contributed by atoms with van der Waals surface area (Å²) in [7, 11) is 1.40. The molecule has 3 N–H and O–H groups in total. The number of nitrogens with zero attached hydrogens (tertiary/aromatic N) is 1. The molecule has 0 aliphatic carbocycles. The Hall–Kier alpha value is -1.76. The molecule has 0 radical (unpaired) electrons. The van der Waals surface area contributed by atoms with Crippen molar-refractivity contribution in [1.29, 1.82) is 0 Å². The molecule has 7 heteroatoms. The predicted molar refractivity (Wildman–Crippen MR) is 75.9 cm³/mol. The first-order valence-electron chi connectivity index (χ1n) is 6.54. The van der Waals surface area contributed by atoms with E-state index in [9.17, 15) is 18.0 Å². The lowest BCUT2D eigenvalue weighted by molar-refractivity contribution is -0.137. The van der Waals surface area contributed by atoms with E-state index >= 15 is 0 Å². The number of alkyl halides is 3. The Morgan fingerprint density at radius 1 is 1.38 bits per heavy atom. The molecule has 0 heterocycles. The highest BCUT2D eigenvalue weighted by Crippen LogP contribution is 2.36. The van der Waals surface area contributed by atoms with Crippen LogP contribution in [0.4, 0.5) is 18.9 Å². The molecule has 0 bridgehead atoms. The van der Waals surface area contributed by atoms with E-state index in [4.69, 9.17) is 5.73 Å². The van der Waals surface area contributed by atoms with E-state index in [2.05, 4.69) is 5.32 Å². The zero-order chi connectivity index (χ0) is 16.2. The summed E-state index contributed by atoms with van der Waals surface area (Å²) < 4.78 is 39.5. The molecule has 118 valence electrons. The van der Waals surface area contributed by atoms with E-state index in [0.717, 1.165) is 6.07 Å². The summed E-state index contributed by atoms with van der Waals surface area (Å²) in [5.74, 6) is -0.684. The van der Waals surface area contributed by atoms with Crippen molar-refractivity contribution in [3.05, 3.63) is 29.3 Å². The van der Waals surface area contributed by atoms with Gasteiger partial charge in [-0.3, -0.25) is 4.79 Å². The zero-order valence-corrected chi connectivity index (χ0v) is 12.3. The number of hydrogen-bond donors (Lipinski definition) is 2. The standard InChI is InChI=1S/C14H20F3N3O/c1-9(2)19-7-10-4-5-12(20(3)8-13(18)21)11(6-10)14(15,16)17/h4-6,9,19H,7-8H2,1-3H3,(H2,18,21). The number of benzene rings is 1. The maximum atomic E-state index is 13.2. The van der Waals surface area contributed by atoms with Crippen molar-refractivity contribution >= 4 is 11.6 Å². The van der Waals surface area contributed by atoms with E-state index in [1.807, 2.05) is 13.8 Å². The summed E-state index contributed by atoms with van der Waals surface area (Å²) >= 11 is 0. The Bertz CT molecular complexity index is 501. The average Bonchev–Trinajstić information content (AvgIpc) is 2.34. The fraction of sp³-hybridized carbons (Fsp3) is 0.500. The molecule has 0 aromatic heterocycles. The van der Waals surface area contributed by atoms with Crippen LogP contribution >= 0.6 is 0 Å². The third kappa shape index (κ3) is 5.26. The van der Waals surface area contributed by atoms with Gasteiger partial charge in [0.05, 0.1) is 12.1 Å². The van der Waals surface area contributed by atoms with Gasteiger partial charge in [-0.05, 0) is 17.7 Å². The first-order chi connectivity index (χ1) is 9.61. The van der Waals surface area contributed by atoms with Gasteiger partial charge >= 0.3 is 6.18 Å². The van der Waals surface area contributed by atoms with Crippen molar-refractivity contribution in [2.45, 2.75) is 32.6 Å². The summed E-state index contributed by atoms with van der Waals surface area (Å²) in [4.78, 5) is 12.1. The highest BCUT2D eigenvalue weighted by Gasteiger charge is 2.34. The van der Waals surface area contributed by atoms with Gasteiger partial charge in [-0.25, -0.2) is 0 Å². The number of nitrogens with two attached hydrogens (primary N) is 1. The molecule has 1 rings (SSSR count). The Kier molecular flexibility index (Phi) is 5.60. The molecule has 0 unspecified atom stereocenters. The first kappa shape index (κ1) is 17.3. The van der Waals surface area contributed by atoms with Crippen LogP contribution in [0.5, 0.6) is 0 Å². The van der Waals surface area contributed by atoms with Crippen LogP contribution in [0.25, 0.3) is 0 Å². The second-order valence-electron chi connectivity index (χ2n) is 5.21. The lowest BCUT2D eigenvalue weighted by Gasteiger charge is -2.23. The van der Waals surface area contributed by atoms with Gasteiger partial charge in [0.1, 0.15) is 0 Å². The third-order valence-electron chi connectivity index (χ3n) is 2.89. The van der Waals surface area contributed by atoms with Gasteiger partial charge in [0.2, 0.25) is 5.91 Å². The molecule has 0 fully saturated rings. The topological polar surface area (TPSA) is 58.4 Å². The van der Waals surface area contributed by atoms with Crippen LogP contribution in [0.2, 0.25) is 0 Å². The van der Waals surface area contributed by atoms with E-state index in [1.165, 1.54) is 18.0 Å².